The molecule has 30 heavy (non-hydrogen) atoms. The lowest BCUT2D eigenvalue weighted by molar-refractivity contribution is -0.133. The van der Waals surface area contributed by atoms with Crippen molar-refractivity contribution in [2.24, 2.45) is 5.10 Å². The van der Waals surface area contributed by atoms with Crippen LogP contribution in [0.1, 0.15) is 31.9 Å². The van der Waals surface area contributed by atoms with E-state index in [4.69, 9.17) is 9.47 Å². The number of hydrogen-bond donors (Lipinski definition) is 1. The number of nitrogens with one attached hydrogen (secondary N) is 1. The summed E-state index contributed by atoms with van der Waals surface area (Å²) in [6.07, 6.45) is 1.80. The first-order valence-corrected chi connectivity index (χ1v) is 10.1. The van der Waals surface area contributed by atoms with Crippen molar-refractivity contribution in [1.82, 2.24) is 10.3 Å². The summed E-state index contributed by atoms with van der Waals surface area (Å²) in [6, 6.07) is 14.7. The van der Waals surface area contributed by atoms with Crippen LogP contribution >= 0.6 is 0 Å². The number of hydrogen-bond acceptors (Lipinski definition) is 5. The summed E-state index contributed by atoms with van der Waals surface area (Å²) >= 11 is 0. The Bertz CT molecular complexity index is 849. The van der Waals surface area contributed by atoms with Gasteiger partial charge in [-0.25, -0.2) is 5.43 Å². The van der Waals surface area contributed by atoms with Gasteiger partial charge in [0.2, 0.25) is 5.91 Å². The van der Waals surface area contributed by atoms with Crippen molar-refractivity contribution in [3.63, 3.8) is 0 Å². The molecule has 0 saturated heterocycles. The fraction of sp³-hybridized carbons (Fsp3) is 0.348. The maximum atomic E-state index is 12.1. The van der Waals surface area contributed by atoms with E-state index in [0.29, 0.717) is 31.2 Å². The van der Waals surface area contributed by atoms with Crippen molar-refractivity contribution in [3.8, 4) is 11.5 Å². The van der Waals surface area contributed by atoms with Crippen LogP contribution in [0.3, 0.4) is 0 Å². The van der Waals surface area contributed by atoms with E-state index in [1.807, 2.05) is 51.1 Å². The molecule has 0 heterocycles. The zero-order valence-corrected chi connectivity index (χ0v) is 17.8. The van der Waals surface area contributed by atoms with E-state index in [1.165, 1.54) is 6.21 Å². The quantitative estimate of drug-likeness (QED) is 0.455. The average Bonchev–Trinajstić information content (AvgIpc) is 2.75. The molecule has 0 atom stereocenters. The third-order valence-electron chi connectivity index (χ3n) is 4.35. The molecule has 0 aromatic heterocycles. The van der Waals surface area contributed by atoms with E-state index in [9.17, 15) is 9.59 Å². The number of ether oxygens (including phenoxy) is 2. The van der Waals surface area contributed by atoms with Crippen LogP contribution in [0.25, 0.3) is 0 Å². The zero-order chi connectivity index (χ0) is 21.8. The van der Waals surface area contributed by atoms with Crippen molar-refractivity contribution in [2.75, 3.05) is 26.3 Å². The summed E-state index contributed by atoms with van der Waals surface area (Å²) in [5.41, 5.74) is 4.18. The highest BCUT2D eigenvalue weighted by Gasteiger charge is 2.13. The van der Waals surface area contributed by atoms with Gasteiger partial charge in [0.15, 0.2) is 18.1 Å². The molecule has 2 amide bonds. The number of rotatable bonds is 11. The second kappa shape index (κ2) is 12.3. The summed E-state index contributed by atoms with van der Waals surface area (Å²) in [6.45, 7) is 7.42. The molecule has 160 valence electrons. The molecule has 0 aliphatic carbocycles. The fourth-order valence-corrected chi connectivity index (χ4v) is 2.80. The van der Waals surface area contributed by atoms with E-state index in [2.05, 4.69) is 10.5 Å². The maximum absolute atomic E-state index is 12.1. The van der Waals surface area contributed by atoms with Crippen molar-refractivity contribution < 1.29 is 19.1 Å². The van der Waals surface area contributed by atoms with Crippen LogP contribution in [0.2, 0.25) is 0 Å². The number of amides is 2. The Morgan fingerprint density at radius 2 is 1.73 bits per heavy atom. The van der Waals surface area contributed by atoms with Crippen LogP contribution in [-0.2, 0) is 16.0 Å². The highest BCUT2D eigenvalue weighted by molar-refractivity contribution is 5.84. The van der Waals surface area contributed by atoms with Crippen molar-refractivity contribution in [2.45, 2.75) is 27.2 Å². The second-order valence-electron chi connectivity index (χ2n) is 6.45. The summed E-state index contributed by atoms with van der Waals surface area (Å²) in [5.74, 6) is 0.735. The van der Waals surface area contributed by atoms with Crippen LogP contribution in [0.15, 0.2) is 53.6 Å². The first-order chi connectivity index (χ1) is 14.6. The smallest absolute Gasteiger partial charge is 0.260 e. The lowest BCUT2D eigenvalue weighted by atomic mass is 10.1. The molecule has 7 heteroatoms. The van der Waals surface area contributed by atoms with Gasteiger partial charge in [0.25, 0.3) is 5.91 Å². The van der Waals surface area contributed by atoms with Gasteiger partial charge >= 0.3 is 0 Å². The third kappa shape index (κ3) is 7.24. The highest BCUT2D eigenvalue weighted by atomic mass is 16.5. The maximum Gasteiger partial charge on any atom is 0.260 e. The first-order valence-electron chi connectivity index (χ1n) is 10.1. The number of nitrogens with zero attached hydrogens (tertiary/aromatic N) is 2. The molecule has 0 radical (unpaired) electrons. The lowest BCUT2D eigenvalue weighted by Gasteiger charge is -2.19. The van der Waals surface area contributed by atoms with E-state index >= 15 is 0 Å². The molecular formula is C23H29N3O4. The van der Waals surface area contributed by atoms with Crippen LogP contribution in [0.5, 0.6) is 11.5 Å². The molecule has 0 unspecified atom stereocenters. The molecule has 0 bridgehead atoms. The van der Waals surface area contributed by atoms with Crippen molar-refractivity contribution in [1.29, 1.82) is 0 Å². The predicted molar refractivity (Wildman–Crippen MR) is 117 cm³/mol. The molecule has 2 aromatic rings. The largest absolute Gasteiger partial charge is 0.490 e. The minimum absolute atomic E-state index is 0.0509. The van der Waals surface area contributed by atoms with Gasteiger partial charge in [-0.2, -0.15) is 5.10 Å². The van der Waals surface area contributed by atoms with Crippen molar-refractivity contribution in [3.05, 3.63) is 59.7 Å². The van der Waals surface area contributed by atoms with E-state index < -0.39 is 0 Å². The van der Waals surface area contributed by atoms with Gasteiger partial charge < -0.3 is 14.4 Å². The minimum atomic E-state index is -0.197. The molecule has 2 aromatic carbocycles. The van der Waals surface area contributed by atoms with E-state index in [0.717, 1.165) is 11.1 Å². The van der Waals surface area contributed by atoms with Gasteiger partial charge in [-0.05, 0) is 50.1 Å². The Morgan fingerprint density at radius 1 is 1.00 bits per heavy atom. The first kappa shape index (κ1) is 22.9. The fourth-order valence-electron chi connectivity index (χ4n) is 2.80. The van der Waals surface area contributed by atoms with Gasteiger partial charge in [0.1, 0.15) is 0 Å². The van der Waals surface area contributed by atoms with Gasteiger partial charge in [-0.3, -0.25) is 9.59 Å². The normalized spacial score (nSPS) is 10.6. The molecule has 0 saturated carbocycles. The predicted octanol–water partition coefficient (Wildman–Crippen LogP) is 3.03. The summed E-state index contributed by atoms with van der Waals surface area (Å²) in [4.78, 5) is 25.8. The molecule has 0 aliphatic rings. The third-order valence-corrected chi connectivity index (χ3v) is 4.35. The van der Waals surface area contributed by atoms with Crippen LogP contribution < -0.4 is 14.9 Å². The van der Waals surface area contributed by atoms with Crippen LogP contribution in [0, 0.1) is 0 Å². The number of benzene rings is 2. The highest BCUT2D eigenvalue weighted by Crippen LogP contribution is 2.28. The van der Waals surface area contributed by atoms with E-state index in [-0.39, 0.29) is 24.8 Å². The second-order valence-corrected chi connectivity index (χ2v) is 6.45. The average molecular weight is 412 g/mol. The summed E-state index contributed by atoms with van der Waals surface area (Å²) in [5, 5.41) is 4.01. The molecular weight excluding hydrogens is 382 g/mol. The summed E-state index contributed by atoms with van der Waals surface area (Å²) < 4.78 is 11.3. The Hall–Kier alpha value is -3.35. The topological polar surface area (TPSA) is 80.2 Å². The van der Waals surface area contributed by atoms with E-state index in [1.54, 1.807) is 23.1 Å². The van der Waals surface area contributed by atoms with Crippen molar-refractivity contribution >= 4 is 18.0 Å². The van der Waals surface area contributed by atoms with Crippen LogP contribution in [-0.4, -0.2) is 49.2 Å². The lowest BCUT2D eigenvalue weighted by Crippen LogP contribution is -2.34. The van der Waals surface area contributed by atoms with Gasteiger partial charge in [0.05, 0.1) is 19.2 Å². The molecule has 1 N–H and O–H groups in total. The van der Waals surface area contributed by atoms with Gasteiger partial charge in [-0.15, -0.1) is 0 Å². The summed E-state index contributed by atoms with van der Waals surface area (Å²) in [7, 11) is 0. The number of hydrazone groups is 1. The Morgan fingerprint density at radius 3 is 2.40 bits per heavy atom. The molecule has 0 aliphatic heterocycles. The van der Waals surface area contributed by atoms with Gasteiger partial charge in [-0.1, -0.05) is 30.3 Å². The molecule has 0 spiro atoms. The van der Waals surface area contributed by atoms with Crippen LogP contribution in [0.4, 0.5) is 0 Å². The standard InChI is InChI=1S/C23H29N3O4/c1-4-26(5-2)23(28)17-30-20-13-12-19(14-21(20)29-6-3)16-24-25-22(27)15-18-10-8-7-9-11-18/h7-14,16H,4-6,15,17H2,1-3H3,(H,25,27)/b24-16-. The monoisotopic (exact) mass is 411 g/mol. The molecule has 7 nitrogen and oxygen atoms in total. The molecule has 0 fully saturated rings. The Balaban J connectivity index is 1.97. The Labute approximate surface area is 177 Å². The number of likely N-dealkylation sites (N-methyl/N-ethyl adjacent to an activating group) is 1. The minimum Gasteiger partial charge on any atom is -0.490 e. The number of carbonyl (C=O) groups excluding carboxylic acids is 2. The number of carbonyl (C=O) groups is 2. The SMILES string of the molecule is CCOc1cc(/C=N\NC(=O)Cc2ccccc2)ccc1OCC(=O)N(CC)CC. The zero-order valence-electron chi connectivity index (χ0n) is 17.8. The Kier molecular flexibility index (Phi) is 9.37. The van der Waals surface area contributed by atoms with Gasteiger partial charge in [0, 0.05) is 13.1 Å². The molecule has 2 rings (SSSR count).